The maximum absolute atomic E-state index is 13.9. The lowest BCUT2D eigenvalue weighted by molar-refractivity contribution is 0.102. The highest BCUT2D eigenvalue weighted by Crippen LogP contribution is 2.26. The Morgan fingerprint density at radius 3 is 2.76 bits per heavy atom. The zero-order valence-corrected chi connectivity index (χ0v) is 16.0. The van der Waals surface area contributed by atoms with Crippen LogP contribution < -0.4 is 10.1 Å². The lowest BCUT2D eigenvalue weighted by atomic mass is 10.2. The Morgan fingerprint density at radius 1 is 1.07 bits per heavy atom. The predicted octanol–water partition coefficient (Wildman–Crippen LogP) is 5.18. The number of nitrogens with zero attached hydrogens (tertiary/aromatic N) is 2. The quantitative estimate of drug-likeness (QED) is 0.480. The molecule has 4 aromatic rings. The van der Waals surface area contributed by atoms with E-state index in [1.807, 2.05) is 18.2 Å². The van der Waals surface area contributed by atoms with Crippen molar-refractivity contribution in [2.75, 3.05) is 5.32 Å². The molecule has 0 saturated carbocycles. The number of carbonyl (C=O) groups is 1. The topological polar surface area (TPSA) is 64.1 Å². The third-order valence-corrected chi connectivity index (χ3v) is 4.92. The predicted molar refractivity (Wildman–Crippen MR) is 110 cm³/mol. The average molecular weight is 405 g/mol. The van der Waals surface area contributed by atoms with Gasteiger partial charge in [-0.2, -0.15) is 0 Å². The summed E-state index contributed by atoms with van der Waals surface area (Å²) in [5.41, 5.74) is 1.99. The van der Waals surface area contributed by atoms with Gasteiger partial charge in [0.2, 0.25) is 0 Å². The molecule has 144 valence electrons. The number of pyridine rings is 1. The standard InChI is InChI=1S/C22H16FN3O2S/c23-19-10-2-1-9-18(19)22-26-20(14-29-22)21(27)25-15-7-5-8-17(12-15)28-13-16-6-3-4-11-24-16/h1-12,14H,13H2,(H,25,27). The van der Waals surface area contributed by atoms with Crippen LogP contribution in [0.1, 0.15) is 16.2 Å². The summed E-state index contributed by atoms with van der Waals surface area (Å²) < 4.78 is 19.6. The van der Waals surface area contributed by atoms with Gasteiger partial charge in [0, 0.05) is 28.9 Å². The molecule has 1 N–H and O–H groups in total. The molecule has 0 aliphatic carbocycles. The van der Waals surface area contributed by atoms with Gasteiger partial charge in [-0.3, -0.25) is 9.78 Å². The molecule has 0 spiro atoms. The van der Waals surface area contributed by atoms with E-state index < -0.39 is 0 Å². The van der Waals surface area contributed by atoms with E-state index in [0.717, 1.165) is 5.69 Å². The zero-order valence-electron chi connectivity index (χ0n) is 15.2. The number of aromatic nitrogens is 2. The Labute approximate surface area is 170 Å². The largest absolute Gasteiger partial charge is 0.487 e. The van der Waals surface area contributed by atoms with E-state index in [4.69, 9.17) is 4.74 Å². The number of nitrogens with one attached hydrogen (secondary N) is 1. The van der Waals surface area contributed by atoms with Crippen molar-refractivity contribution < 1.29 is 13.9 Å². The van der Waals surface area contributed by atoms with Crippen LogP contribution in [0.4, 0.5) is 10.1 Å². The maximum Gasteiger partial charge on any atom is 0.275 e. The van der Waals surface area contributed by atoms with Gasteiger partial charge in [-0.05, 0) is 36.4 Å². The van der Waals surface area contributed by atoms with Crippen molar-refractivity contribution in [1.29, 1.82) is 0 Å². The number of benzene rings is 2. The van der Waals surface area contributed by atoms with Gasteiger partial charge in [0.25, 0.3) is 5.91 Å². The van der Waals surface area contributed by atoms with Crippen molar-refractivity contribution in [1.82, 2.24) is 9.97 Å². The Hall–Kier alpha value is -3.58. The van der Waals surface area contributed by atoms with Crippen LogP contribution >= 0.6 is 11.3 Å². The van der Waals surface area contributed by atoms with E-state index in [1.54, 1.807) is 54.0 Å². The Morgan fingerprint density at radius 2 is 1.93 bits per heavy atom. The van der Waals surface area contributed by atoms with Gasteiger partial charge in [-0.1, -0.05) is 24.3 Å². The molecule has 29 heavy (non-hydrogen) atoms. The molecule has 0 radical (unpaired) electrons. The highest BCUT2D eigenvalue weighted by atomic mass is 32.1. The van der Waals surface area contributed by atoms with Crippen molar-refractivity contribution >= 4 is 22.9 Å². The van der Waals surface area contributed by atoms with E-state index >= 15 is 0 Å². The molecule has 2 aromatic carbocycles. The van der Waals surface area contributed by atoms with Gasteiger partial charge in [-0.15, -0.1) is 11.3 Å². The molecule has 0 bridgehead atoms. The first-order valence-corrected chi connectivity index (χ1v) is 9.71. The van der Waals surface area contributed by atoms with Gasteiger partial charge in [0.05, 0.1) is 5.69 Å². The van der Waals surface area contributed by atoms with Crippen LogP contribution in [-0.2, 0) is 6.61 Å². The van der Waals surface area contributed by atoms with Crippen LogP contribution in [0, 0.1) is 5.82 Å². The summed E-state index contributed by atoms with van der Waals surface area (Å²) in [4.78, 5) is 21.0. The molecule has 5 nitrogen and oxygen atoms in total. The lowest BCUT2D eigenvalue weighted by Crippen LogP contribution is -2.12. The summed E-state index contributed by atoms with van der Waals surface area (Å²) in [6.45, 7) is 0.330. The second kappa shape index (κ2) is 8.62. The molecule has 1 amide bonds. The van der Waals surface area contributed by atoms with Gasteiger partial charge in [0.15, 0.2) is 0 Å². The van der Waals surface area contributed by atoms with Crippen LogP contribution in [0.2, 0.25) is 0 Å². The molecule has 0 fully saturated rings. The van der Waals surface area contributed by atoms with E-state index in [0.29, 0.717) is 28.6 Å². The molecule has 7 heteroatoms. The summed E-state index contributed by atoms with van der Waals surface area (Å²) in [5.74, 6) is -0.129. The van der Waals surface area contributed by atoms with E-state index in [9.17, 15) is 9.18 Å². The van der Waals surface area contributed by atoms with E-state index in [-0.39, 0.29) is 17.4 Å². The average Bonchev–Trinajstić information content (AvgIpc) is 3.24. The maximum atomic E-state index is 13.9. The second-order valence-electron chi connectivity index (χ2n) is 6.11. The second-order valence-corrected chi connectivity index (χ2v) is 6.97. The summed E-state index contributed by atoms with van der Waals surface area (Å²) in [5, 5.41) is 4.86. The first-order valence-electron chi connectivity index (χ1n) is 8.83. The Bertz CT molecular complexity index is 1130. The van der Waals surface area contributed by atoms with E-state index in [2.05, 4.69) is 15.3 Å². The normalized spacial score (nSPS) is 10.5. The van der Waals surface area contributed by atoms with Gasteiger partial charge >= 0.3 is 0 Å². The van der Waals surface area contributed by atoms with Crippen molar-refractivity contribution in [3.05, 3.63) is 95.5 Å². The number of amides is 1. The van der Waals surface area contributed by atoms with Crippen LogP contribution in [-0.4, -0.2) is 15.9 Å². The molecule has 0 atom stereocenters. The molecular formula is C22H16FN3O2S. The number of halogens is 1. The molecule has 0 unspecified atom stereocenters. The highest BCUT2D eigenvalue weighted by Gasteiger charge is 2.14. The lowest BCUT2D eigenvalue weighted by Gasteiger charge is -2.08. The zero-order chi connectivity index (χ0) is 20.1. The van der Waals surface area contributed by atoms with Crippen molar-refractivity contribution in [2.45, 2.75) is 6.61 Å². The summed E-state index contributed by atoms with van der Waals surface area (Å²) in [6.07, 6.45) is 1.71. The highest BCUT2D eigenvalue weighted by molar-refractivity contribution is 7.13. The molecule has 4 rings (SSSR count). The van der Waals surface area contributed by atoms with Crippen LogP contribution in [0.3, 0.4) is 0 Å². The van der Waals surface area contributed by atoms with Crippen LogP contribution in [0.25, 0.3) is 10.6 Å². The molecular weight excluding hydrogens is 389 g/mol. The van der Waals surface area contributed by atoms with Gasteiger partial charge in [-0.25, -0.2) is 9.37 Å². The van der Waals surface area contributed by atoms with Crippen LogP contribution in [0.5, 0.6) is 5.75 Å². The first-order chi connectivity index (χ1) is 14.2. The van der Waals surface area contributed by atoms with Crippen molar-refractivity contribution in [3.63, 3.8) is 0 Å². The minimum absolute atomic E-state index is 0.230. The SMILES string of the molecule is O=C(Nc1cccc(OCc2ccccn2)c1)c1csc(-c2ccccc2F)n1. The minimum Gasteiger partial charge on any atom is -0.487 e. The minimum atomic E-state index is -0.370. The number of thiazole rings is 1. The monoisotopic (exact) mass is 405 g/mol. The Kier molecular flexibility index (Phi) is 5.58. The third-order valence-electron chi connectivity index (χ3n) is 4.05. The van der Waals surface area contributed by atoms with Crippen molar-refractivity contribution in [2.24, 2.45) is 0 Å². The smallest absolute Gasteiger partial charge is 0.275 e. The van der Waals surface area contributed by atoms with Crippen molar-refractivity contribution in [3.8, 4) is 16.3 Å². The number of carbonyl (C=O) groups excluding carboxylic acids is 1. The van der Waals surface area contributed by atoms with Crippen LogP contribution in [0.15, 0.2) is 78.3 Å². The summed E-state index contributed by atoms with van der Waals surface area (Å²) in [6, 6.07) is 19.0. The summed E-state index contributed by atoms with van der Waals surface area (Å²) in [7, 11) is 0. The first kappa shape index (κ1) is 18.8. The third kappa shape index (κ3) is 4.64. The molecule has 0 aliphatic rings. The fourth-order valence-electron chi connectivity index (χ4n) is 2.64. The van der Waals surface area contributed by atoms with Gasteiger partial charge < -0.3 is 10.1 Å². The fourth-order valence-corrected chi connectivity index (χ4v) is 3.46. The van der Waals surface area contributed by atoms with Gasteiger partial charge in [0.1, 0.15) is 28.9 Å². The number of hydrogen-bond donors (Lipinski definition) is 1. The fraction of sp³-hybridized carbons (Fsp3) is 0.0455. The molecule has 0 aliphatic heterocycles. The number of ether oxygens (including phenoxy) is 1. The van der Waals surface area contributed by atoms with E-state index in [1.165, 1.54) is 17.4 Å². The molecule has 2 heterocycles. The molecule has 2 aromatic heterocycles. The number of hydrogen-bond acceptors (Lipinski definition) is 5. The Balaban J connectivity index is 1.43. The number of rotatable bonds is 6. The molecule has 0 saturated heterocycles. The number of anilines is 1. The summed E-state index contributed by atoms with van der Waals surface area (Å²) >= 11 is 1.22.